The van der Waals surface area contributed by atoms with Gasteiger partial charge in [0.05, 0.1) is 0 Å². The zero-order valence-corrected chi connectivity index (χ0v) is 39.3. The number of fused-ring (bicyclic) bond motifs is 2. The van der Waals surface area contributed by atoms with Crippen LogP contribution in [0.1, 0.15) is 0 Å². The Bertz CT molecular complexity index is 2400. The molecule has 10 rings (SSSR count). The molecule has 12 nitrogen and oxygen atoms in total. The van der Waals surface area contributed by atoms with E-state index in [4.69, 9.17) is 0 Å². The first-order valence-electron chi connectivity index (χ1n) is 19.6. The number of aromatic nitrogens is 4. The Balaban J connectivity index is 0.000000159. The Labute approximate surface area is 404 Å². The molecule has 0 fully saturated rings. The first kappa shape index (κ1) is 48.0. The van der Waals surface area contributed by atoms with Gasteiger partial charge in [0.2, 0.25) is 0 Å². The predicted molar refractivity (Wildman–Crippen MR) is 252 cm³/mol. The van der Waals surface area contributed by atoms with Crippen LogP contribution in [0.4, 0.5) is 57.4 Å². The Morgan fingerprint density at radius 1 is 0.438 bits per heavy atom. The Morgan fingerprint density at radius 3 is 1.11 bits per heavy atom. The van der Waals surface area contributed by atoms with E-state index >= 15 is 0 Å². The summed E-state index contributed by atoms with van der Waals surface area (Å²) in [6.07, 6.45) is 9.93. The van der Waals surface area contributed by atoms with Gasteiger partial charge in [0.25, 0.3) is 0 Å². The topological polar surface area (TPSA) is 117 Å². The molecule has 0 N–H and O–H groups in total. The maximum atomic E-state index is 4.34. The molecule has 64 heavy (non-hydrogen) atoms. The fraction of sp³-hybridized carbons (Fsp3) is 0.0400. The van der Waals surface area contributed by atoms with Crippen molar-refractivity contribution in [3.8, 4) is 0 Å². The van der Waals surface area contributed by atoms with Gasteiger partial charge >= 0.3 is 0 Å². The number of aliphatic imine (C=N–C) groups is 2. The molecule has 0 saturated heterocycles. The summed E-state index contributed by atoms with van der Waals surface area (Å²) in [5.74, 6) is 3.40. The molecule has 2 aliphatic heterocycles. The molecule has 14 heteroatoms. The van der Waals surface area contributed by atoms with Gasteiger partial charge in [-0.15, -0.1) is 24.7 Å². The van der Waals surface area contributed by atoms with E-state index < -0.39 is 0 Å². The Hall–Kier alpha value is -7.00. The van der Waals surface area contributed by atoms with Crippen molar-refractivity contribution in [3.63, 3.8) is 0 Å². The number of benzene rings is 6. The summed E-state index contributed by atoms with van der Waals surface area (Å²) in [6, 6.07) is 61.0. The minimum Gasteiger partial charge on any atom is -0.487 e. The van der Waals surface area contributed by atoms with Crippen LogP contribution in [0.5, 0.6) is 0 Å². The van der Waals surface area contributed by atoms with Gasteiger partial charge in [-0.05, 0) is 36.8 Å². The van der Waals surface area contributed by atoms with Gasteiger partial charge in [-0.2, -0.15) is 60.7 Å². The summed E-state index contributed by atoms with van der Waals surface area (Å²) in [5.41, 5.74) is 5.59. The van der Waals surface area contributed by atoms with Crippen molar-refractivity contribution in [2.45, 2.75) is 0 Å². The van der Waals surface area contributed by atoms with Crippen molar-refractivity contribution < 1.29 is 42.1 Å². The number of nitrogens with zero attached hydrogens (tertiary/aromatic N) is 12. The standard InChI is InChI=1S/2C13H11N2.2C12H10N4.2Pt/c2*1-3-7-12(8-4-1)14-11-15-13-9-5-2-6-10-13;2*1-15-9-16(10-5-3-2-4-6-10)12-11(15)13-7-8-14-12;;/h2*1-11H;2*2-5,7-9H,1H3;;/q2*-1;2*-2;;. The average molecular weight is 1200 g/mol. The second-order valence-corrected chi connectivity index (χ2v) is 13.2. The monoisotopic (exact) mass is 1200 g/mol. The molecule has 0 spiro atoms. The number of rotatable bonds is 8. The van der Waals surface area contributed by atoms with Crippen molar-refractivity contribution in [2.24, 2.45) is 9.98 Å². The average Bonchev–Trinajstić information content (AvgIpc) is 3.87. The van der Waals surface area contributed by atoms with Gasteiger partial charge in [0, 0.05) is 66.9 Å². The van der Waals surface area contributed by atoms with Crippen LogP contribution < -0.4 is 19.6 Å². The van der Waals surface area contributed by atoms with E-state index in [9.17, 15) is 0 Å². The molecule has 0 saturated carbocycles. The number of hydrogen-bond acceptors (Lipinski definition) is 10. The molecule has 0 amide bonds. The number of anilines is 6. The molecule has 0 atom stereocenters. The van der Waals surface area contributed by atoms with E-state index in [0.717, 1.165) is 57.4 Å². The van der Waals surface area contributed by atoms with Crippen LogP contribution in [0, 0.1) is 25.5 Å². The molecular weight excluding hydrogens is 1160 g/mol. The van der Waals surface area contributed by atoms with Crippen molar-refractivity contribution in [1.82, 2.24) is 19.9 Å². The SMILES string of the molecule is C(=Nc1ccccc1)[N-]c1ccccc1.C(=Nc1ccccc1)[N-]c1ccccc1.CN1[CH-]N(c2[c-]cccc2)c2nccnc21.CN1[CH-]N(c2[c-]cccc2)c2nccnc21.[Pt].[Pt]. The Kier molecular flexibility index (Phi) is 19.4. The zero-order chi connectivity index (χ0) is 42.6. The zero-order valence-electron chi connectivity index (χ0n) is 34.8. The molecule has 328 valence electrons. The molecule has 6 aromatic carbocycles. The van der Waals surface area contributed by atoms with Gasteiger partial charge < -0.3 is 40.2 Å². The molecule has 0 bridgehead atoms. The van der Waals surface area contributed by atoms with Crippen LogP contribution in [0.25, 0.3) is 10.6 Å². The quantitative estimate of drug-likeness (QED) is 0.0839. The fourth-order valence-corrected chi connectivity index (χ4v) is 5.85. The van der Waals surface area contributed by atoms with Gasteiger partial charge in [-0.3, -0.25) is 0 Å². The first-order chi connectivity index (χ1) is 30.6. The van der Waals surface area contributed by atoms with Gasteiger partial charge in [0.15, 0.2) is 0 Å². The van der Waals surface area contributed by atoms with Gasteiger partial charge in [-0.25, -0.2) is 19.9 Å². The maximum absolute atomic E-state index is 4.34. The fourth-order valence-electron chi connectivity index (χ4n) is 5.85. The van der Waals surface area contributed by atoms with Crippen LogP contribution in [0.15, 0.2) is 205 Å². The maximum Gasteiger partial charge on any atom is 0.143 e. The summed E-state index contributed by atoms with van der Waals surface area (Å²) in [7, 11) is 3.91. The normalized spacial score (nSPS) is 11.9. The van der Waals surface area contributed by atoms with Crippen LogP contribution in [0.3, 0.4) is 0 Å². The minimum absolute atomic E-state index is 0. The summed E-state index contributed by atoms with van der Waals surface area (Å²) in [6.45, 7) is 3.91. The van der Waals surface area contributed by atoms with E-state index in [1.165, 1.54) is 0 Å². The van der Waals surface area contributed by atoms with Crippen LogP contribution >= 0.6 is 0 Å². The predicted octanol–water partition coefficient (Wildman–Crippen LogP) is 12.1. The summed E-state index contributed by atoms with van der Waals surface area (Å²) >= 11 is 0. The largest absolute Gasteiger partial charge is 0.487 e. The molecule has 2 aromatic heterocycles. The van der Waals surface area contributed by atoms with Gasteiger partial charge in [-0.1, -0.05) is 134 Å². The van der Waals surface area contributed by atoms with E-state index in [1.807, 2.05) is 217 Å². The first-order valence-corrected chi connectivity index (χ1v) is 19.6. The second-order valence-electron chi connectivity index (χ2n) is 13.2. The molecule has 0 unspecified atom stereocenters. The molecule has 0 radical (unpaired) electrons. The van der Waals surface area contributed by atoms with E-state index in [0.29, 0.717) is 0 Å². The molecule has 0 aliphatic carbocycles. The summed E-state index contributed by atoms with van der Waals surface area (Å²) in [5, 5.41) is 8.42. The van der Waals surface area contributed by atoms with E-state index in [-0.39, 0.29) is 42.1 Å². The Morgan fingerprint density at radius 2 is 0.766 bits per heavy atom. The number of para-hydroxylation sites is 6. The minimum atomic E-state index is 0. The third-order valence-electron chi connectivity index (χ3n) is 8.78. The third kappa shape index (κ3) is 14.0. The number of hydrogen-bond donors (Lipinski definition) is 0. The van der Waals surface area contributed by atoms with E-state index in [1.54, 1.807) is 37.5 Å². The van der Waals surface area contributed by atoms with Crippen LogP contribution in [-0.4, -0.2) is 46.7 Å². The molecule has 4 heterocycles. The summed E-state index contributed by atoms with van der Waals surface area (Å²) in [4.78, 5) is 33.5. The van der Waals surface area contributed by atoms with Crippen molar-refractivity contribution >= 4 is 70.1 Å². The molecule has 2 aliphatic rings. The molecular formula is C50H42N12Pt2-6. The van der Waals surface area contributed by atoms with Gasteiger partial charge in [0.1, 0.15) is 23.3 Å². The smallest absolute Gasteiger partial charge is 0.143 e. The van der Waals surface area contributed by atoms with Crippen LogP contribution in [-0.2, 0) is 42.1 Å². The molecule has 8 aromatic rings. The van der Waals surface area contributed by atoms with Crippen LogP contribution in [0.2, 0.25) is 0 Å². The van der Waals surface area contributed by atoms with Crippen molar-refractivity contribution in [3.05, 3.63) is 231 Å². The summed E-state index contributed by atoms with van der Waals surface area (Å²) < 4.78 is 0. The van der Waals surface area contributed by atoms with E-state index in [2.05, 4.69) is 52.7 Å². The van der Waals surface area contributed by atoms with Crippen molar-refractivity contribution in [2.75, 3.05) is 33.7 Å². The third-order valence-corrected chi connectivity index (χ3v) is 8.78. The second kappa shape index (κ2) is 25.8. The van der Waals surface area contributed by atoms with Crippen molar-refractivity contribution in [1.29, 1.82) is 0 Å².